The highest BCUT2D eigenvalue weighted by Gasteiger charge is 2.05. The summed E-state index contributed by atoms with van der Waals surface area (Å²) in [5.74, 6) is 0. The first-order valence-electron chi connectivity index (χ1n) is 3.48. The molecule has 2 aromatic rings. The molecule has 2 rings (SSSR count). The second-order valence-electron chi connectivity index (χ2n) is 2.26. The minimum atomic E-state index is 0.398. The third kappa shape index (κ3) is 1.57. The van der Waals surface area contributed by atoms with Gasteiger partial charge in [-0.25, -0.2) is 19.9 Å². The molecule has 0 aliphatic rings. The lowest BCUT2D eigenvalue weighted by Crippen LogP contribution is -1.92. The van der Waals surface area contributed by atoms with Crippen molar-refractivity contribution in [1.29, 1.82) is 0 Å². The van der Waals surface area contributed by atoms with Crippen LogP contribution in [0, 0.1) is 0 Å². The van der Waals surface area contributed by atoms with Crippen LogP contribution in [-0.2, 0) is 0 Å². The zero-order valence-corrected chi connectivity index (χ0v) is 8.30. The molecule has 0 aliphatic heterocycles. The van der Waals surface area contributed by atoms with Crippen molar-refractivity contribution < 1.29 is 0 Å². The Labute approximate surface area is 83.8 Å². The van der Waals surface area contributed by atoms with Crippen molar-refractivity contribution in [1.82, 2.24) is 19.9 Å². The summed E-state index contributed by atoms with van der Waals surface area (Å²) in [4.78, 5) is 16.1. The van der Waals surface area contributed by atoms with E-state index in [0.717, 1.165) is 0 Å². The van der Waals surface area contributed by atoms with Gasteiger partial charge in [0, 0.05) is 6.20 Å². The Kier molecular flexibility index (Phi) is 2.28. The molecule has 0 saturated heterocycles. The Morgan fingerprint density at radius 2 is 2.23 bits per heavy atom. The highest BCUT2D eigenvalue weighted by molar-refractivity contribution is 7.98. The fourth-order valence-corrected chi connectivity index (χ4v) is 1.53. The van der Waals surface area contributed by atoms with E-state index in [2.05, 4.69) is 19.9 Å². The van der Waals surface area contributed by atoms with Gasteiger partial charge in [-0.2, -0.15) is 0 Å². The van der Waals surface area contributed by atoms with Gasteiger partial charge in [-0.15, -0.1) is 0 Å². The molecule has 0 aliphatic carbocycles. The molecule has 2 aromatic heterocycles. The van der Waals surface area contributed by atoms with E-state index in [1.165, 1.54) is 18.1 Å². The van der Waals surface area contributed by atoms with Crippen molar-refractivity contribution in [2.45, 2.75) is 5.16 Å². The number of rotatable bonds is 1. The van der Waals surface area contributed by atoms with Crippen LogP contribution in [-0.4, -0.2) is 26.2 Å². The van der Waals surface area contributed by atoms with Gasteiger partial charge in [0.25, 0.3) is 0 Å². The Morgan fingerprint density at radius 1 is 1.38 bits per heavy atom. The fraction of sp³-hybridized carbons (Fsp3) is 0.143. The van der Waals surface area contributed by atoms with Crippen LogP contribution in [0.15, 0.2) is 17.7 Å². The summed E-state index contributed by atoms with van der Waals surface area (Å²) in [7, 11) is 0. The lowest BCUT2D eigenvalue weighted by molar-refractivity contribution is 0.984. The van der Waals surface area contributed by atoms with Crippen molar-refractivity contribution >= 4 is 34.4 Å². The number of hydrogen-bond acceptors (Lipinski definition) is 5. The van der Waals surface area contributed by atoms with Gasteiger partial charge in [-0.3, -0.25) is 0 Å². The standard InChI is InChI=1S/C7H5ClN4S/c1-13-7-11-5(8)4-2-9-3-10-6(4)12-7/h2-3H,1H3. The predicted octanol–water partition coefficient (Wildman–Crippen LogP) is 1.80. The van der Waals surface area contributed by atoms with Gasteiger partial charge in [0.2, 0.25) is 0 Å². The van der Waals surface area contributed by atoms with Crippen molar-refractivity contribution in [3.63, 3.8) is 0 Å². The maximum absolute atomic E-state index is 5.90. The number of thioether (sulfide) groups is 1. The SMILES string of the molecule is CSc1nc(Cl)c2cncnc2n1. The molecule has 0 N–H and O–H groups in total. The summed E-state index contributed by atoms with van der Waals surface area (Å²) < 4.78 is 0. The van der Waals surface area contributed by atoms with Gasteiger partial charge in [-0.05, 0) is 6.26 Å². The topological polar surface area (TPSA) is 51.6 Å². The highest BCUT2D eigenvalue weighted by atomic mass is 35.5. The third-order valence-electron chi connectivity index (χ3n) is 1.49. The third-order valence-corrected chi connectivity index (χ3v) is 2.33. The summed E-state index contributed by atoms with van der Waals surface area (Å²) >= 11 is 7.33. The van der Waals surface area contributed by atoms with E-state index < -0.39 is 0 Å². The zero-order chi connectivity index (χ0) is 9.26. The summed E-state index contributed by atoms with van der Waals surface area (Å²) in [6.07, 6.45) is 4.93. The second-order valence-corrected chi connectivity index (χ2v) is 3.39. The van der Waals surface area contributed by atoms with Crippen LogP contribution < -0.4 is 0 Å². The van der Waals surface area contributed by atoms with Crippen LogP contribution in [0.1, 0.15) is 0 Å². The normalized spacial score (nSPS) is 10.6. The first-order chi connectivity index (χ1) is 6.31. The molecular formula is C7H5ClN4S. The smallest absolute Gasteiger partial charge is 0.190 e. The molecule has 0 amide bonds. The molecule has 0 fully saturated rings. The van der Waals surface area contributed by atoms with Crippen molar-refractivity contribution in [3.05, 3.63) is 17.7 Å². The molecule has 0 saturated carbocycles. The van der Waals surface area contributed by atoms with E-state index in [0.29, 0.717) is 21.3 Å². The van der Waals surface area contributed by atoms with Crippen molar-refractivity contribution in [2.24, 2.45) is 0 Å². The van der Waals surface area contributed by atoms with Gasteiger partial charge >= 0.3 is 0 Å². The molecule has 0 bridgehead atoms. The van der Waals surface area contributed by atoms with Gasteiger partial charge in [0.05, 0.1) is 5.39 Å². The Hall–Kier alpha value is -0.940. The molecule has 0 spiro atoms. The minimum Gasteiger partial charge on any atom is -0.244 e. The lowest BCUT2D eigenvalue weighted by atomic mass is 10.4. The molecule has 4 nitrogen and oxygen atoms in total. The van der Waals surface area contributed by atoms with Crippen LogP contribution in [0.3, 0.4) is 0 Å². The van der Waals surface area contributed by atoms with Crippen LogP contribution >= 0.6 is 23.4 Å². The first-order valence-corrected chi connectivity index (χ1v) is 5.09. The van der Waals surface area contributed by atoms with Crippen LogP contribution in [0.25, 0.3) is 11.0 Å². The van der Waals surface area contributed by atoms with Gasteiger partial charge in [0.1, 0.15) is 11.5 Å². The largest absolute Gasteiger partial charge is 0.244 e. The molecule has 13 heavy (non-hydrogen) atoms. The number of halogens is 1. The van der Waals surface area contributed by atoms with Gasteiger partial charge < -0.3 is 0 Å². The van der Waals surface area contributed by atoms with Crippen LogP contribution in [0.2, 0.25) is 5.15 Å². The van der Waals surface area contributed by atoms with E-state index in [4.69, 9.17) is 11.6 Å². The van der Waals surface area contributed by atoms with Crippen molar-refractivity contribution in [3.8, 4) is 0 Å². The number of nitrogens with zero attached hydrogens (tertiary/aromatic N) is 4. The monoisotopic (exact) mass is 212 g/mol. The van der Waals surface area contributed by atoms with E-state index in [1.54, 1.807) is 6.20 Å². The van der Waals surface area contributed by atoms with E-state index in [1.807, 2.05) is 6.26 Å². The lowest BCUT2D eigenvalue weighted by Gasteiger charge is -1.99. The van der Waals surface area contributed by atoms with Gasteiger partial charge in [0.15, 0.2) is 10.8 Å². The summed E-state index contributed by atoms with van der Waals surface area (Å²) in [6, 6.07) is 0. The summed E-state index contributed by atoms with van der Waals surface area (Å²) in [5, 5.41) is 1.70. The molecule has 2 heterocycles. The number of aromatic nitrogens is 4. The zero-order valence-electron chi connectivity index (χ0n) is 6.73. The average molecular weight is 213 g/mol. The Morgan fingerprint density at radius 3 is 3.00 bits per heavy atom. The maximum atomic E-state index is 5.90. The van der Waals surface area contributed by atoms with E-state index in [9.17, 15) is 0 Å². The van der Waals surface area contributed by atoms with Gasteiger partial charge in [-0.1, -0.05) is 23.4 Å². The summed E-state index contributed by atoms with van der Waals surface area (Å²) in [6.45, 7) is 0. The molecule has 66 valence electrons. The van der Waals surface area contributed by atoms with E-state index in [-0.39, 0.29) is 0 Å². The number of fused-ring (bicyclic) bond motifs is 1. The quantitative estimate of drug-likeness (QED) is 0.410. The Balaban J connectivity index is 2.77. The summed E-state index contributed by atoms with van der Waals surface area (Å²) in [5.41, 5.74) is 0.583. The molecule has 0 unspecified atom stereocenters. The van der Waals surface area contributed by atoms with Crippen molar-refractivity contribution in [2.75, 3.05) is 6.26 Å². The highest BCUT2D eigenvalue weighted by Crippen LogP contribution is 2.20. The van der Waals surface area contributed by atoms with E-state index >= 15 is 0 Å². The number of hydrogen-bond donors (Lipinski definition) is 0. The molecular weight excluding hydrogens is 208 g/mol. The van der Waals surface area contributed by atoms with Crippen LogP contribution in [0.4, 0.5) is 0 Å². The van der Waals surface area contributed by atoms with Crippen LogP contribution in [0.5, 0.6) is 0 Å². The molecule has 0 aromatic carbocycles. The molecule has 0 atom stereocenters. The molecule has 6 heteroatoms. The predicted molar refractivity (Wildman–Crippen MR) is 51.9 cm³/mol. The maximum Gasteiger partial charge on any atom is 0.190 e. The second kappa shape index (κ2) is 3.43. The Bertz CT molecular complexity index is 447. The molecule has 0 radical (unpaired) electrons. The first kappa shape index (κ1) is 8.65. The fourth-order valence-electron chi connectivity index (χ4n) is 0.909. The average Bonchev–Trinajstić information content (AvgIpc) is 2.18. The minimum absolute atomic E-state index is 0.398.